The largest absolute Gasteiger partial charge is 0.468 e. The zero-order valence-electron chi connectivity index (χ0n) is 10.8. The summed E-state index contributed by atoms with van der Waals surface area (Å²) in [7, 11) is -1.85. The fourth-order valence-electron chi connectivity index (χ4n) is 1.45. The number of sulfonamides is 1. The van der Waals surface area contributed by atoms with Gasteiger partial charge in [-0.05, 0) is 24.6 Å². The lowest BCUT2D eigenvalue weighted by Crippen LogP contribution is -2.33. The highest BCUT2D eigenvalue weighted by atomic mass is 32.2. The monoisotopic (exact) mass is 290 g/mol. The molecule has 0 heterocycles. The number of carbonyl (C=O) groups excluding carboxylic acids is 1. The fraction of sp³-hybridized carbons (Fsp3) is 0.364. The van der Waals surface area contributed by atoms with Crippen molar-refractivity contribution in [2.45, 2.75) is 11.8 Å². The molecule has 0 spiro atoms. The Balaban J connectivity index is 3.24. The molecule has 0 aliphatic carbocycles. The number of rotatable bonds is 4. The summed E-state index contributed by atoms with van der Waals surface area (Å²) in [6, 6.07) is 2.35. The van der Waals surface area contributed by atoms with Crippen LogP contribution < -0.4 is 5.73 Å². The predicted molar refractivity (Wildman–Crippen MR) is 67.4 cm³/mol. The number of carbonyl (C=O) groups is 1. The van der Waals surface area contributed by atoms with Crippen LogP contribution in [0, 0.1) is 12.7 Å². The maximum absolute atomic E-state index is 13.9. The van der Waals surface area contributed by atoms with Crippen molar-refractivity contribution in [3.05, 3.63) is 23.5 Å². The summed E-state index contributed by atoms with van der Waals surface area (Å²) in [5, 5.41) is 0. The van der Waals surface area contributed by atoms with Crippen LogP contribution in [0.15, 0.2) is 17.0 Å². The minimum Gasteiger partial charge on any atom is -0.468 e. The molecule has 0 unspecified atom stereocenters. The van der Waals surface area contributed by atoms with Gasteiger partial charge in [0.05, 0.1) is 7.11 Å². The van der Waals surface area contributed by atoms with Crippen molar-refractivity contribution < 1.29 is 22.3 Å². The first-order valence-electron chi connectivity index (χ1n) is 5.29. The van der Waals surface area contributed by atoms with E-state index in [2.05, 4.69) is 4.74 Å². The quantitative estimate of drug-likeness (QED) is 0.644. The number of halogens is 1. The van der Waals surface area contributed by atoms with Gasteiger partial charge in [-0.3, -0.25) is 4.79 Å². The topological polar surface area (TPSA) is 89.7 Å². The van der Waals surface area contributed by atoms with E-state index in [0.29, 0.717) is 4.31 Å². The molecule has 0 fully saturated rings. The second kappa shape index (κ2) is 5.54. The van der Waals surface area contributed by atoms with Crippen molar-refractivity contribution in [2.75, 3.05) is 26.4 Å². The van der Waals surface area contributed by atoms with Gasteiger partial charge in [0.25, 0.3) is 0 Å². The summed E-state index contributed by atoms with van der Waals surface area (Å²) in [4.78, 5) is 10.5. The number of ether oxygens (including phenoxy) is 1. The lowest BCUT2D eigenvalue weighted by Gasteiger charge is -2.17. The molecule has 106 valence electrons. The smallest absolute Gasteiger partial charge is 0.321 e. The van der Waals surface area contributed by atoms with Gasteiger partial charge in [-0.2, -0.15) is 4.31 Å². The van der Waals surface area contributed by atoms with Gasteiger partial charge in [0.15, 0.2) is 0 Å². The standard InChI is InChI=1S/C11H15FN2O4S/c1-7-4-8(13)5-9(11(7)12)19(16,17)14(2)6-10(15)18-3/h4-5H,6,13H2,1-3H3. The maximum atomic E-state index is 13.9. The average Bonchev–Trinajstić information content (AvgIpc) is 2.33. The summed E-state index contributed by atoms with van der Waals surface area (Å²) in [6.45, 7) is 0.900. The number of benzene rings is 1. The third kappa shape index (κ3) is 3.21. The number of hydrogen-bond donors (Lipinski definition) is 1. The molecule has 0 saturated heterocycles. The number of esters is 1. The molecule has 0 atom stereocenters. The highest BCUT2D eigenvalue weighted by molar-refractivity contribution is 7.89. The van der Waals surface area contributed by atoms with Gasteiger partial charge in [0.1, 0.15) is 17.3 Å². The van der Waals surface area contributed by atoms with Crippen molar-refractivity contribution in [1.82, 2.24) is 4.31 Å². The number of nitrogens with zero attached hydrogens (tertiary/aromatic N) is 1. The van der Waals surface area contributed by atoms with Gasteiger partial charge in [0.2, 0.25) is 10.0 Å². The third-order valence-corrected chi connectivity index (χ3v) is 4.31. The van der Waals surface area contributed by atoms with E-state index in [-0.39, 0.29) is 11.3 Å². The number of aryl methyl sites for hydroxylation is 1. The van der Waals surface area contributed by atoms with Gasteiger partial charge in [-0.1, -0.05) is 0 Å². The Kier molecular flexibility index (Phi) is 4.48. The molecule has 0 aliphatic rings. The number of nitrogen functional groups attached to an aromatic ring is 1. The predicted octanol–water partition coefficient (Wildman–Crippen LogP) is 0.510. The second-order valence-electron chi connectivity index (χ2n) is 3.99. The van der Waals surface area contributed by atoms with E-state index in [1.807, 2.05) is 0 Å². The Bertz CT molecular complexity index is 601. The fourth-order valence-corrected chi connectivity index (χ4v) is 2.73. The van der Waals surface area contributed by atoms with E-state index in [4.69, 9.17) is 5.73 Å². The number of anilines is 1. The summed E-state index contributed by atoms with van der Waals surface area (Å²) in [6.07, 6.45) is 0. The first-order valence-corrected chi connectivity index (χ1v) is 6.73. The molecule has 1 aromatic carbocycles. The molecule has 0 bridgehead atoms. The van der Waals surface area contributed by atoms with Crippen LogP contribution in [0.25, 0.3) is 0 Å². The molecule has 1 rings (SSSR count). The van der Waals surface area contributed by atoms with Crippen LogP contribution in [0.5, 0.6) is 0 Å². The van der Waals surface area contributed by atoms with E-state index in [1.54, 1.807) is 0 Å². The number of hydrogen-bond acceptors (Lipinski definition) is 5. The average molecular weight is 290 g/mol. The van der Waals surface area contributed by atoms with E-state index >= 15 is 0 Å². The first kappa shape index (κ1) is 15.4. The maximum Gasteiger partial charge on any atom is 0.321 e. The van der Waals surface area contributed by atoms with Gasteiger partial charge in [-0.15, -0.1) is 0 Å². The molecule has 19 heavy (non-hydrogen) atoms. The van der Waals surface area contributed by atoms with Crippen molar-refractivity contribution in [2.24, 2.45) is 0 Å². The Morgan fingerprint density at radius 2 is 2.05 bits per heavy atom. The molecule has 0 radical (unpaired) electrons. The minimum absolute atomic E-state index is 0.116. The molecule has 0 aliphatic heterocycles. The zero-order valence-corrected chi connectivity index (χ0v) is 11.6. The Hall–Kier alpha value is -1.67. The van der Waals surface area contributed by atoms with Gasteiger partial charge < -0.3 is 10.5 Å². The molecular formula is C11H15FN2O4S. The molecule has 0 aromatic heterocycles. The van der Waals surface area contributed by atoms with E-state index in [9.17, 15) is 17.6 Å². The van der Waals surface area contributed by atoms with Crippen LogP contribution in [0.1, 0.15) is 5.56 Å². The first-order chi connectivity index (χ1) is 8.70. The van der Waals surface area contributed by atoms with Gasteiger partial charge >= 0.3 is 5.97 Å². The molecule has 1 aromatic rings. The number of methoxy groups -OCH3 is 1. The zero-order chi connectivity index (χ0) is 14.8. The van der Waals surface area contributed by atoms with Crippen LogP contribution in [0.2, 0.25) is 0 Å². The van der Waals surface area contributed by atoms with Crippen LogP contribution in [-0.4, -0.2) is 39.4 Å². The number of nitrogens with two attached hydrogens (primary N) is 1. The molecule has 2 N–H and O–H groups in total. The summed E-state index contributed by atoms with van der Waals surface area (Å²) >= 11 is 0. The van der Waals surface area contributed by atoms with E-state index in [1.165, 1.54) is 13.0 Å². The van der Waals surface area contributed by atoms with Gasteiger partial charge in [0, 0.05) is 12.7 Å². The second-order valence-corrected chi connectivity index (χ2v) is 6.00. The molecular weight excluding hydrogens is 275 g/mol. The summed E-state index contributed by atoms with van der Waals surface area (Å²) in [5.74, 6) is -1.63. The lowest BCUT2D eigenvalue weighted by molar-refractivity contribution is -0.140. The van der Waals surface area contributed by atoms with Crippen molar-refractivity contribution in [3.63, 3.8) is 0 Å². The molecule has 6 nitrogen and oxygen atoms in total. The Morgan fingerprint density at radius 1 is 1.47 bits per heavy atom. The summed E-state index contributed by atoms with van der Waals surface area (Å²) < 4.78 is 43.2. The van der Waals surface area contributed by atoms with Crippen molar-refractivity contribution in [3.8, 4) is 0 Å². The van der Waals surface area contributed by atoms with Crippen LogP contribution in [0.3, 0.4) is 0 Å². The van der Waals surface area contributed by atoms with E-state index in [0.717, 1.165) is 20.2 Å². The minimum atomic E-state index is -4.14. The SMILES string of the molecule is COC(=O)CN(C)S(=O)(=O)c1cc(N)cc(C)c1F. The van der Waals surface area contributed by atoms with Crippen molar-refractivity contribution >= 4 is 21.7 Å². The van der Waals surface area contributed by atoms with E-state index < -0.39 is 33.3 Å². The molecule has 0 amide bonds. The lowest BCUT2D eigenvalue weighted by atomic mass is 10.2. The highest BCUT2D eigenvalue weighted by Crippen LogP contribution is 2.23. The van der Waals surface area contributed by atoms with Gasteiger partial charge in [-0.25, -0.2) is 12.8 Å². The Labute approximate surface area is 111 Å². The molecule has 8 heteroatoms. The summed E-state index contributed by atoms with van der Waals surface area (Å²) in [5.41, 5.74) is 5.76. The Morgan fingerprint density at radius 3 is 2.58 bits per heavy atom. The number of likely N-dealkylation sites (N-methyl/N-ethyl adjacent to an activating group) is 1. The van der Waals surface area contributed by atoms with Crippen molar-refractivity contribution in [1.29, 1.82) is 0 Å². The highest BCUT2D eigenvalue weighted by Gasteiger charge is 2.27. The van der Waals surface area contributed by atoms with Crippen LogP contribution in [-0.2, 0) is 19.6 Å². The molecule has 0 saturated carbocycles. The third-order valence-electron chi connectivity index (χ3n) is 2.51. The van der Waals surface area contributed by atoms with Crippen LogP contribution >= 0.6 is 0 Å². The van der Waals surface area contributed by atoms with Crippen LogP contribution in [0.4, 0.5) is 10.1 Å². The normalized spacial score (nSPS) is 11.6.